The van der Waals surface area contributed by atoms with Gasteiger partial charge in [-0.1, -0.05) is 279 Å². The number of hydrogen-bond donors (Lipinski definition) is 1. The third-order valence-corrected chi connectivity index (χ3v) is 14.7. The van der Waals surface area contributed by atoms with Gasteiger partial charge < -0.3 is 18.9 Å². The summed E-state index contributed by atoms with van der Waals surface area (Å²) in [5.74, 6) is -0.798. The van der Waals surface area contributed by atoms with Crippen LogP contribution < -0.4 is 0 Å². The maximum atomic E-state index is 12.8. The number of phosphoric acid groups is 1. The first-order chi connectivity index (χ1) is 37.0. The third-order valence-electron chi connectivity index (χ3n) is 13.8. The summed E-state index contributed by atoms with van der Waals surface area (Å²) in [7, 11) is 1.47. The molecule has 0 aliphatic carbocycles. The highest BCUT2D eigenvalue weighted by atomic mass is 31.2. The van der Waals surface area contributed by atoms with Crippen LogP contribution in [0.15, 0.2) is 72.9 Å². The van der Waals surface area contributed by atoms with Crippen LogP contribution >= 0.6 is 7.82 Å². The fourth-order valence-electron chi connectivity index (χ4n) is 8.90. The van der Waals surface area contributed by atoms with Crippen molar-refractivity contribution in [3.8, 4) is 0 Å². The summed E-state index contributed by atoms with van der Waals surface area (Å²) in [4.78, 5) is 35.8. The molecule has 0 aliphatic heterocycles. The number of nitrogens with zero attached hydrogens (tertiary/aromatic N) is 1. The van der Waals surface area contributed by atoms with Crippen LogP contribution in [-0.2, 0) is 32.7 Å². The lowest BCUT2D eigenvalue weighted by atomic mass is 10.0. The Morgan fingerprint density at radius 3 is 1.12 bits per heavy atom. The number of carbonyl (C=O) groups is 2. The molecule has 0 radical (unpaired) electrons. The molecule has 2 unspecified atom stereocenters. The predicted octanol–water partition coefficient (Wildman–Crippen LogP) is 20.0. The van der Waals surface area contributed by atoms with Gasteiger partial charge >= 0.3 is 19.8 Å². The molecular formula is C66H121NO8P+. The first kappa shape index (κ1) is 73.5. The van der Waals surface area contributed by atoms with Gasteiger partial charge in [0, 0.05) is 12.8 Å². The molecule has 0 saturated heterocycles. The molecule has 0 rings (SSSR count). The van der Waals surface area contributed by atoms with Gasteiger partial charge in [0.1, 0.15) is 19.8 Å². The number of rotatable bonds is 58. The fraction of sp³-hybridized carbons (Fsp3) is 0.788. The van der Waals surface area contributed by atoms with Crippen molar-refractivity contribution in [1.82, 2.24) is 0 Å². The fourth-order valence-corrected chi connectivity index (χ4v) is 9.65. The summed E-state index contributed by atoms with van der Waals surface area (Å²) < 4.78 is 34.6. The number of phosphoric ester groups is 1. The molecule has 0 aromatic heterocycles. The molecule has 0 aromatic carbocycles. The molecule has 0 saturated carbocycles. The average Bonchev–Trinajstić information content (AvgIpc) is 3.38. The van der Waals surface area contributed by atoms with Gasteiger partial charge in [0.05, 0.1) is 27.7 Å². The summed E-state index contributed by atoms with van der Waals surface area (Å²) in [6, 6.07) is 0. The number of hydrogen-bond acceptors (Lipinski definition) is 7. The van der Waals surface area contributed by atoms with Crippen molar-refractivity contribution in [3.63, 3.8) is 0 Å². The van der Waals surface area contributed by atoms with Gasteiger partial charge in [-0.25, -0.2) is 4.57 Å². The van der Waals surface area contributed by atoms with Crippen molar-refractivity contribution in [2.75, 3.05) is 47.5 Å². The molecule has 0 fully saturated rings. The molecule has 0 heterocycles. The zero-order chi connectivity index (χ0) is 55.6. The molecule has 76 heavy (non-hydrogen) atoms. The number of allylic oxidation sites excluding steroid dienone is 12. The highest BCUT2D eigenvalue weighted by molar-refractivity contribution is 7.47. The van der Waals surface area contributed by atoms with Gasteiger partial charge in [-0.05, 0) is 64.2 Å². The molecule has 0 spiro atoms. The molecule has 9 nitrogen and oxygen atoms in total. The Hall–Kier alpha value is -2.55. The zero-order valence-electron chi connectivity index (χ0n) is 50.2. The molecular weight excluding hydrogens is 966 g/mol. The van der Waals surface area contributed by atoms with Crippen LogP contribution in [0.1, 0.15) is 284 Å². The topological polar surface area (TPSA) is 108 Å². The second-order valence-electron chi connectivity index (χ2n) is 22.4. The van der Waals surface area contributed by atoms with E-state index in [4.69, 9.17) is 18.5 Å². The standard InChI is InChI=1S/C66H120NO8P/c1-6-8-10-12-14-16-18-20-22-24-26-28-30-32-33-35-37-39-41-43-45-47-49-51-53-55-57-59-66(69)75-64(63-74-76(70,71)73-61-60-67(3,4)5)62-72-65(68)58-56-54-52-50-48-46-44-42-40-38-36-34-31-29-27-25-23-21-19-17-15-13-11-9-7-2/h8,10,14,16,20,22,26,28,32-33,37,39,64H,6-7,9,11-13,15,17-19,21,23-25,27,29-31,34-36,38,40-63H2,1-5H3/p+1/b10-8-,16-14-,22-20-,28-26-,33-32-,39-37-. The van der Waals surface area contributed by atoms with Gasteiger partial charge in [-0.3, -0.25) is 18.6 Å². The van der Waals surface area contributed by atoms with Crippen molar-refractivity contribution < 1.29 is 42.1 Å². The highest BCUT2D eigenvalue weighted by Gasteiger charge is 2.27. The average molecular weight is 1090 g/mol. The van der Waals surface area contributed by atoms with E-state index in [2.05, 4.69) is 86.8 Å². The second kappa shape index (κ2) is 57.1. The Morgan fingerprint density at radius 1 is 0.421 bits per heavy atom. The van der Waals surface area contributed by atoms with E-state index in [0.717, 1.165) is 83.5 Å². The summed E-state index contributed by atoms with van der Waals surface area (Å²) in [6.07, 6.45) is 75.5. The molecule has 0 bridgehead atoms. The first-order valence-corrected chi connectivity index (χ1v) is 33.2. The van der Waals surface area contributed by atoms with Crippen LogP contribution in [0.3, 0.4) is 0 Å². The largest absolute Gasteiger partial charge is 0.472 e. The van der Waals surface area contributed by atoms with Gasteiger partial charge in [0.25, 0.3) is 0 Å². The SMILES string of the molecule is CC/C=C\C/C=C\C/C=C\C/C=C\C/C=C\C/C=C\CCCCCCCCCCC(=O)OC(COC(=O)CCCCCCCCCCCCCCCCCCCCCCCCCCC)COP(=O)(O)OCC[N+](C)(C)C. The third kappa shape index (κ3) is 60.7. The van der Waals surface area contributed by atoms with Crippen molar-refractivity contribution in [2.24, 2.45) is 0 Å². The lowest BCUT2D eigenvalue weighted by Crippen LogP contribution is -2.37. The number of ether oxygens (including phenoxy) is 2. The molecule has 0 amide bonds. The predicted molar refractivity (Wildman–Crippen MR) is 326 cm³/mol. The molecule has 10 heteroatoms. The minimum absolute atomic E-state index is 0.0284. The monoisotopic (exact) mass is 1090 g/mol. The summed E-state index contributed by atoms with van der Waals surface area (Å²) in [5, 5.41) is 0. The van der Waals surface area contributed by atoms with Crippen LogP contribution in [0.4, 0.5) is 0 Å². The highest BCUT2D eigenvalue weighted by Crippen LogP contribution is 2.43. The van der Waals surface area contributed by atoms with E-state index < -0.39 is 26.5 Å². The van der Waals surface area contributed by atoms with E-state index in [-0.39, 0.29) is 32.0 Å². The van der Waals surface area contributed by atoms with Crippen LogP contribution in [0, 0.1) is 0 Å². The van der Waals surface area contributed by atoms with Crippen LogP contribution in [0.5, 0.6) is 0 Å². The zero-order valence-corrected chi connectivity index (χ0v) is 51.1. The Labute approximate surface area is 469 Å². The van der Waals surface area contributed by atoms with E-state index in [0.29, 0.717) is 17.4 Å². The van der Waals surface area contributed by atoms with Crippen molar-refractivity contribution >= 4 is 19.8 Å². The van der Waals surface area contributed by atoms with E-state index in [1.807, 2.05) is 21.1 Å². The van der Waals surface area contributed by atoms with E-state index in [9.17, 15) is 19.0 Å². The Kier molecular flexibility index (Phi) is 55.2. The Morgan fingerprint density at radius 2 is 0.750 bits per heavy atom. The summed E-state index contributed by atoms with van der Waals surface area (Å²) in [5.41, 5.74) is 0. The van der Waals surface area contributed by atoms with Gasteiger partial charge in [0.15, 0.2) is 6.10 Å². The molecule has 2 atom stereocenters. The van der Waals surface area contributed by atoms with Crippen molar-refractivity contribution in [2.45, 2.75) is 290 Å². The van der Waals surface area contributed by atoms with Crippen LogP contribution in [0.25, 0.3) is 0 Å². The summed E-state index contributed by atoms with van der Waals surface area (Å²) in [6.45, 7) is 4.35. The van der Waals surface area contributed by atoms with Gasteiger partial charge in [0.2, 0.25) is 0 Å². The molecule has 0 aliphatic rings. The maximum absolute atomic E-state index is 12.8. The normalized spacial score (nSPS) is 13.7. The number of quaternary nitrogens is 1. The number of esters is 2. The van der Waals surface area contributed by atoms with Gasteiger partial charge in [-0.15, -0.1) is 0 Å². The van der Waals surface area contributed by atoms with E-state index in [1.54, 1.807) is 0 Å². The van der Waals surface area contributed by atoms with Gasteiger partial charge in [-0.2, -0.15) is 0 Å². The summed E-state index contributed by atoms with van der Waals surface area (Å²) >= 11 is 0. The number of likely N-dealkylation sites (N-methyl/N-ethyl adjacent to an activating group) is 1. The van der Waals surface area contributed by atoms with E-state index >= 15 is 0 Å². The number of unbranched alkanes of at least 4 members (excludes halogenated alkanes) is 32. The Bertz CT molecular complexity index is 1510. The molecule has 1 N–H and O–H groups in total. The minimum atomic E-state index is -4.39. The van der Waals surface area contributed by atoms with Crippen LogP contribution in [0.2, 0.25) is 0 Å². The smallest absolute Gasteiger partial charge is 0.462 e. The van der Waals surface area contributed by atoms with Crippen molar-refractivity contribution in [1.29, 1.82) is 0 Å². The lowest BCUT2D eigenvalue weighted by Gasteiger charge is -2.24. The quantitative estimate of drug-likeness (QED) is 0.0211. The van der Waals surface area contributed by atoms with Crippen LogP contribution in [-0.4, -0.2) is 74.9 Å². The first-order valence-electron chi connectivity index (χ1n) is 31.7. The lowest BCUT2D eigenvalue weighted by molar-refractivity contribution is -0.870. The molecule has 0 aromatic rings. The van der Waals surface area contributed by atoms with Crippen molar-refractivity contribution in [3.05, 3.63) is 72.9 Å². The Balaban J connectivity index is 4.13. The van der Waals surface area contributed by atoms with E-state index in [1.165, 1.54) is 167 Å². The second-order valence-corrected chi connectivity index (χ2v) is 23.9. The molecule has 442 valence electrons. The maximum Gasteiger partial charge on any atom is 0.472 e. The number of carbonyl (C=O) groups excluding carboxylic acids is 2. The minimum Gasteiger partial charge on any atom is -0.462 e.